The molecule has 0 spiro atoms. The third kappa shape index (κ3) is 7.69. The highest BCUT2D eigenvalue weighted by atomic mass is 28.4. The van der Waals surface area contributed by atoms with E-state index in [0.717, 1.165) is 5.56 Å². The van der Waals surface area contributed by atoms with Crippen LogP contribution < -0.4 is 5.73 Å². The quantitative estimate of drug-likeness (QED) is 0.205. The first-order valence-corrected chi connectivity index (χ1v) is 26.1. The van der Waals surface area contributed by atoms with Gasteiger partial charge in [0.2, 0.25) is 0 Å². The average molecular weight is 718 g/mol. The number of nitrogen functional groups attached to an aromatic ring is 1. The minimum atomic E-state index is -2.34. The molecule has 0 bridgehead atoms. The molecule has 4 rings (SSSR count). The summed E-state index contributed by atoms with van der Waals surface area (Å²) < 4.78 is 32.5. The van der Waals surface area contributed by atoms with Gasteiger partial charge in [0.25, 0.3) is 0 Å². The van der Waals surface area contributed by atoms with Gasteiger partial charge in [0.15, 0.2) is 48.5 Å². The monoisotopic (exact) mass is 717 g/mol. The summed E-state index contributed by atoms with van der Waals surface area (Å²) in [5, 5.41) is 4.50. The number of ether oxygens (including phenoxy) is 1. The summed E-state index contributed by atoms with van der Waals surface area (Å²) >= 11 is 0. The molecule has 1 saturated heterocycles. The van der Waals surface area contributed by atoms with Crippen LogP contribution in [0.3, 0.4) is 0 Å². The summed E-state index contributed by atoms with van der Waals surface area (Å²) in [5.74, 6) is 0.790. The lowest BCUT2D eigenvalue weighted by molar-refractivity contribution is -0.0470. The molecule has 3 aromatic rings. The van der Waals surface area contributed by atoms with Crippen LogP contribution in [0.15, 0.2) is 18.7 Å². The van der Waals surface area contributed by atoms with Gasteiger partial charge in [-0.1, -0.05) is 62.3 Å². The zero-order valence-electron chi connectivity index (χ0n) is 32.7. The fourth-order valence-corrected chi connectivity index (χ4v) is 8.48. The second-order valence-corrected chi connectivity index (χ2v) is 32.7. The number of hydrogen-bond acceptors (Lipinski definition) is 9. The standard InChI is InChI=1S/C34H63N7O4Si3/c1-22(2)41-19-23(18-37-41)29-38-28(35)25-30(39-29)40(21-36-25)31-27(45-48(16,17)34(9,10)11)26(44-47(14,15)33(6,7)8)24(43-31)20-42-46(12,13)32(3,4)5/h18-19,21-22,24,26-27,31H,20H2,1-17H3,(H2,35,38,39)/t24-,26-,27-,31-/m1/s1. The molecule has 0 aliphatic carbocycles. The second-order valence-electron chi connectivity index (χ2n) is 18.4. The average Bonchev–Trinajstić information content (AvgIpc) is 3.64. The van der Waals surface area contributed by atoms with Crippen molar-refractivity contribution in [1.82, 2.24) is 29.3 Å². The van der Waals surface area contributed by atoms with Crippen molar-refractivity contribution in [2.75, 3.05) is 12.3 Å². The third-order valence-electron chi connectivity index (χ3n) is 11.3. The van der Waals surface area contributed by atoms with E-state index < -0.39 is 37.3 Å². The molecule has 48 heavy (non-hydrogen) atoms. The number of rotatable bonds is 10. The van der Waals surface area contributed by atoms with Crippen LogP contribution >= 0.6 is 0 Å². The number of nitrogens with zero attached hydrogens (tertiary/aromatic N) is 6. The molecule has 1 fully saturated rings. The number of imidazole rings is 1. The first-order chi connectivity index (χ1) is 21.7. The first-order valence-electron chi connectivity index (χ1n) is 17.4. The lowest BCUT2D eigenvalue weighted by Gasteiger charge is -2.44. The van der Waals surface area contributed by atoms with Gasteiger partial charge in [-0.3, -0.25) is 9.25 Å². The number of nitrogens with two attached hydrogens (primary N) is 1. The maximum absolute atomic E-state index is 7.35. The van der Waals surface area contributed by atoms with E-state index in [1.54, 1.807) is 12.5 Å². The van der Waals surface area contributed by atoms with Crippen LogP contribution in [0.25, 0.3) is 22.6 Å². The van der Waals surface area contributed by atoms with E-state index in [2.05, 4.69) is 126 Å². The van der Waals surface area contributed by atoms with Gasteiger partial charge in [-0.25, -0.2) is 15.0 Å². The van der Waals surface area contributed by atoms with Crippen molar-refractivity contribution in [2.45, 2.75) is 161 Å². The Hall–Kier alpha value is -1.95. The maximum atomic E-state index is 7.35. The van der Waals surface area contributed by atoms with Crippen LogP contribution in [0.4, 0.5) is 5.82 Å². The third-order valence-corrected chi connectivity index (χ3v) is 24.7. The van der Waals surface area contributed by atoms with Crippen molar-refractivity contribution in [3.8, 4) is 11.4 Å². The molecule has 3 aromatic heterocycles. The van der Waals surface area contributed by atoms with Gasteiger partial charge in [-0.05, 0) is 68.2 Å². The smallest absolute Gasteiger partial charge is 0.192 e. The molecular weight excluding hydrogens is 655 g/mol. The molecule has 4 heterocycles. The van der Waals surface area contributed by atoms with Crippen LogP contribution in [-0.2, 0) is 18.0 Å². The molecule has 270 valence electrons. The van der Waals surface area contributed by atoms with Gasteiger partial charge >= 0.3 is 0 Å². The molecule has 1 aliphatic heterocycles. The van der Waals surface area contributed by atoms with Crippen LogP contribution in [-0.4, -0.2) is 79.2 Å². The van der Waals surface area contributed by atoms with Crippen LogP contribution in [0.5, 0.6) is 0 Å². The van der Waals surface area contributed by atoms with Crippen molar-refractivity contribution in [3.05, 3.63) is 18.7 Å². The summed E-state index contributed by atoms with van der Waals surface area (Å²) in [6.07, 6.45) is 3.72. The molecule has 0 amide bonds. The van der Waals surface area contributed by atoms with Gasteiger partial charge in [0, 0.05) is 12.2 Å². The van der Waals surface area contributed by atoms with Crippen molar-refractivity contribution in [1.29, 1.82) is 0 Å². The predicted octanol–water partition coefficient (Wildman–Crippen LogP) is 8.55. The van der Waals surface area contributed by atoms with Gasteiger partial charge in [0.05, 0.1) is 24.7 Å². The minimum absolute atomic E-state index is 0.0177. The van der Waals surface area contributed by atoms with E-state index in [1.165, 1.54) is 0 Å². The van der Waals surface area contributed by atoms with Gasteiger partial charge in [-0.2, -0.15) is 5.10 Å². The Morgan fingerprint density at radius 3 is 1.88 bits per heavy atom. The lowest BCUT2D eigenvalue weighted by atomic mass is 10.1. The van der Waals surface area contributed by atoms with Crippen LogP contribution in [0.2, 0.25) is 54.4 Å². The fraction of sp³-hybridized carbons (Fsp3) is 0.765. The summed E-state index contributed by atoms with van der Waals surface area (Å²) in [4.78, 5) is 14.3. The minimum Gasteiger partial charge on any atom is -0.414 e. The Kier molecular flexibility index (Phi) is 10.5. The van der Waals surface area contributed by atoms with Crippen molar-refractivity contribution >= 4 is 41.9 Å². The zero-order valence-corrected chi connectivity index (χ0v) is 35.7. The number of hydrogen-bond donors (Lipinski definition) is 1. The van der Waals surface area contributed by atoms with E-state index in [9.17, 15) is 0 Å². The van der Waals surface area contributed by atoms with Crippen molar-refractivity contribution in [2.24, 2.45) is 0 Å². The van der Waals surface area contributed by atoms with E-state index in [1.807, 2.05) is 15.4 Å². The summed E-state index contributed by atoms with van der Waals surface area (Å²) in [6.45, 7) is 38.6. The molecule has 0 saturated carbocycles. The Balaban J connectivity index is 1.88. The fourth-order valence-electron chi connectivity index (χ4n) is 4.86. The summed E-state index contributed by atoms with van der Waals surface area (Å²) in [5.41, 5.74) is 8.42. The van der Waals surface area contributed by atoms with Crippen molar-refractivity contribution < 1.29 is 18.0 Å². The van der Waals surface area contributed by atoms with Gasteiger partial charge < -0.3 is 23.7 Å². The largest absolute Gasteiger partial charge is 0.414 e. The molecule has 0 radical (unpaired) electrons. The molecule has 0 unspecified atom stereocenters. The predicted molar refractivity (Wildman–Crippen MR) is 203 cm³/mol. The summed E-state index contributed by atoms with van der Waals surface area (Å²) in [7, 11) is -6.73. The lowest BCUT2D eigenvalue weighted by Crippen LogP contribution is -2.54. The van der Waals surface area contributed by atoms with Crippen LogP contribution in [0.1, 0.15) is 88.4 Å². The molecule has 2 N–H and O–H groups in total. The normalized spacial score (nSPS) is 22.0. The summed E-state index contributed by atoms with van der Waals surface area (Å²) in [6, 6.07) is 0.203. The van der Waals surface area contributed by atoms with E-state index >= 15 is 0 Å². The number of anilines is 1. The Bertz CT molecular complexity index is 1580. The highest BCUT2D eigenvalue weighted by Gasteiger charge is 2.55. The highest BCUT2D eigenvalue weighted by Crippen LogP contribution is 2.47. The topological polar surface area (TPSA) is 124 Å². The van der Waals surface area contributed by atoms with Crippen LogP contribution in [0, 0.1) is 0 Å². The molecule has 14 heteroatoms. The second kappa shape index (κ2) is 13.0. The first kappa shape index (κ1) is 38.8. The zero-order chi connectivity index (χ0) is 36.4. The SMILES string of the molecule is CC(C)n1cc(-c2nc(N)c3ncn([C@@H]4O[C@H](CO[Si](C)(C)C(C)(C)C)[C@@H](O[Si](C)(C)C(C)(C)C)[C@H]4O[Si](C)(C)C(C)(C)C)c3n2)cn1. The highest BCUT2D eigenvalue weighted by molar-refractivity contribution is 6.75. The number of aromatic nitrogens is 6. The van der Waals surface area contributed by atoms with Gasteiger partial charge in [-0.15, -0.1) is 0 Å². The van der Waals surface area contributed by atoms with Gasteiger partial charge in [0.1, 0.15) is 23.8 Å². The van der Waals surface area contributed by atoms with Crippen molar-refractivity contribution in [3.63, 3.8) is 0 Å². The molecular formula is C34H63N7O4Si3. The van der Waals surface area contributed by atoms with E-state index in [-0.39, 0.29) is 33.4 Å². The Labute approximate surface area is 292 Å². The molecule has 11 nitrogen and oxygen atoms in total. The Morgan fingerprint density at radius 2 is 1.38 bits per heavy atom. The maximum Gasteiger partial charge on any atom is 0.192 e. The molecule has 4 atom stereocenters. The van der Waals surface area contributed by atoms with E-state index in [4.69, 9.17) is 33.7 Å². The van der Waals surface area contributed by atoms with E-state index in [0.29, 0.717) is 29.4 Å². The molecule has 1 aliphatic rings. The Morgan fingerprint density at radius 1 is 0.833 bits per heavy atom. The molecule has 0 aromatic carbocycles. The number of fused-ring (bicyclic) bond motifs is 1.